The maximum atomic E-state index is 5.73. The van der Waals surface area contributed by atoms with Crippen molar-refractivity contribution in [3.05, 3.63) is 69.9 Å². The summed E-state index contributed by atoms with van der Waals surface area (Å²) in [6.07, 6.45) is 3.56. The standard InChI is InChI=1S/C15H19BrN2O2.C9H7BrN2/c1-2-19-8-9-20-7-6-17-14-5-3-4-12-10-13(16)11-18-15(12)14;10-7-4-6-2-1-3-8(11)9(6)12-5-7/h3-5,10-11,17H,2,6-9H2,1H3;1-5H,11H2. The van der Waals surface area contributed by atoms with Crippen molar-refractivity contribution < 1.29 is 9.47 Å². The summed E-state index contributed by atoms with van der Waals surface area (Å²) in [7, 11) is 0. The van der Waals surface area contributed by atoms with Gasteiger partial charge in [-0.1, -0.05) is 24.3 Å². The zero-order valence-electron chi connectivity index (χ0n) is 17.9. The number of nitrogens with two attached hydrogens (primary N) is 1. The van der Waals surface area contributed by atoms with Gasteiger partial charge in [-0.3, -0.25) is 9.97 Å². The molecule has 8 heteroatoms. The number of rotatable bonds is 8. The second-order valence-electron chi connectivity index (χ2n) is 6.84. The highest BCUT2D eigenvalue weighted by Gasteiger charge is 2.02. The minimum atomic E-state index is 0.635. The molecule has 2 aromatic carbocycles. The first-order valence-electron chi connectivity index (χ1n) is 10.3. The Hall–Kier alpha value is -2.26. The minimum Gasteiger partial charge on any atom is -0.397 e. The summed E-state index contributed by atoms with van der Waals surface area (Å²) < 4.78 is 12.6. The molecule has 4 rings (SSSR count). The van der Waals surface area contributed by atoms with Crippen molar-refractivity contribution >= 4 is 65.0 Å². The summed E-state index contributed by atoms with van der Waals surface area (Å²) in [6, 6.07) is 15.9. The van der Waals surface area contributed by atoms with E-state index >= 15 is 0 Å². The van der Waals surface area contributed by atoms with Gasteiger partial charge in [0.1, 0.15) is 0 Å². The van der Waals surface area contributed by atoms with Crippen molar-refractivity contribution in [3.8, 4) is 0 Å². The summed E-state index contributed by atoms with van der Waals surface area (Å²) in [5, 5.41) is 5.53. The van der Waals surface area contributed by atoms with Gasteiger partial charge in [-0.2, -0.15) is 0 Å². The number of ether oxygens (including phenoxy) is 2. The molecule has 3 N–H and O–H groups in total. The number of nitrogens with zero attached hydrogens (tertiary/aromatic N) is 2. The first-order valence-corrected chi connectivity index (χ1v) is 11.9. The van der Waals surface area contributed by atoms with E-state index in [0.717, 1.165) is 55.3 Å². The lowest BCUT2D eigenvalue weighted by atomic mass is 10.2. The minimum absolute atomic E-state index is 0.635. The number of nitrogen functional groups attached to an aromatic ring is 1. The van der Waals surface area contributed by atoms with E-state index in [1.807, 2.05) is 49.5 Å². The molecular weight excluding hydrogens is 536 g/mol. The Bertz CT molecular complexity index is 1160. The van der Waals surface area contributed by atoms with E-state index in [-0.39, 0.29) is 0 Å². The molecule has 0 bridgehead atoms. The molecule has 0 saturated heterocycles. The monoisotopic (exact) mass is 560 g/mol. The molecule has 0 radical (unpaired) electrons. The van der Waals surface area contributed by atoms with Crippen LogP contribution < -0.4 is 11.1 Å². The third-order valence-electron chi connectivity index (χ3n) is 4.52. The van der Waals surface area contributed by atoms with E-state index in [2.05, 4.69) is 59.3 Å². The van der Waals surface area contributed by atoms with Crippen molar-refractivity contribution in [3.63, 3.8) is 0 Å². The fourth-order valence-corrected chi connectivity index (χ4v) is 3.75. The second-order valence-corrected chi connectivity index (χ2v) is 8.67. The zero-order valence-corrected chi connectivity index (χ0v) is 21.0. The summed E-state index contributed by atoms with van der Waals surface area (Å²) in [5.41, 5.74) is 9.32. The highest BCUT2D eigenvalue weighted by Crippen LogP contribution is 2.24. The van der Waals surface area contributed by atoms with Crippen LogP contribution in [-0.4, -0.2) is 42.9 Å². The summed E-state index contributed by atoms with van der Waals surface area (Å²) in [6.45, 7) is 5.41. The smallest absolute Gasteiger partial charge is 0.0934 e. The Morgan fingerprint density at radius 2 is 1.47 bits per heavy atom. The van der Waals surface area contributed by atoms with Gasteiger partial charge >= 0.3 is 0 Å². The predicted molar refractivity (Wildman–Crippen MR) is 139 cm³/mol. The molecule has 0 aliphatic carbocycles. The number of anilines is 2. The molecule has 168 valence electrons. The average molecular weight is 562 g/mol. The number of nitrogens with one attached hydrogen (secondary N) is 1. The Labute approximate surface area is 204 Å². The lowest BCUT2D eigenvalue weighted by molar-refractivity contribution is 0.0570. The molecular formula is C24H26Br2N4O2. The number of pyridine rings is 2. The fraction of sp³-hybridized carbons (Fsp3) is 0.250. The van der Waals surface area contributed by atoms with Crippen LogP contribution in [0.4, 0.5) is 11.4 Å². The van der Waals surface area contributed by atoms with Crippen LogP contribution in [0.3, 0.4) is 0 Å². The van der Waals surface area contributed by atoms with E-state index < -0.39 is 0 Å². The van der Waals surface area contributed by atoms with Crippen molar-refractivity contribution in [2.45, 2.75) is 6.92 Å². The second kappa shape index (κ2) is 12.7. The normalized spacial score (nSPS) is 10.7. The first-order chi connectivity index (χ1) is 15.6. The molecule has 0 saturated carbocycles. The number of hydrogen-bond acceptors (Lipinski definition) is 6. The number of para-hydroxylation sites is 2. The van der Waals surface area contributed by atoms with Crippen LogP contribution in [0, 0.1) is 0 Å². The molecule has 0 aliphatic rings. The van der Waals surface area contributed by atoms with Crippen molar-refractivity contribution in [2.24, 2.45) is 0 Å². The third-order valence-corrected chi connectivity index (χ3v) is 5.39. The molecule has 0 fully saturated rings. The first kappa shape index (κ1) is 24.4. The number of benzene rings is 2. The quantitative estimate of drug-likeness (QED) is 0.201. The highest BCUT2D eigenvalue weighted by atomic mass is 79.9. The molecule has 6 nitrogen and oxygen atoms in total. The summed E-state index contributed by atoms with van der Waals surface area (Å²) >= 11 is 6.79. The number of hydrogen-bond donors (Lipinski definition) is 2. The van der Waals surface area contributed by atoms with Crippen LogP contribution in [0.1, 0.15) is 6.92 Å². The number of aromatic nitrogens is 2. The van der Waals surface area contributed by atoms with Crippen molar-refractivity contribution in [1.29, 1.82) is 0 Å². The van der Waals surface area contributed by atoms with Gasteiger partial charge in [-0.05, 0) is 63.0 Å². The molecule has 0 spiro atoms. The Balaban J connectivity index is 0.000000204. The Morgan fingerprint density at radius 3 is 2.19 bits per heavy atom. The van der Waals surface area contributed by atoms with Gasteiger partial charge in [0.15, 0.2) is 0 Å². The number of fused-ring (bicyclic) bond motifs is 2. The van der Waals surface area contributed by atoms with E-state index in [0.29, 0.717) is 19.8 Å². The molecule has 0 aliphatic heterocycles. The predicted octanol–water partition coefficient (Wildman–Crippen LogP) is 6.04. The van der Waals surface area contributed by atoms with Gasteiger partial charge in [0.2, 0.25) is 0 Å². The third kappa shape index (κ3) is 7.13. The highest BCUT2D eigenvalue weighted by molar-refractivity contribution is 9.10. The molecule has 0 atom stereocenters. The van der Waals surface area contributed by atoms with Crippen LogP contribution in [0.2, 0.25) is 0 Å². The van der Waals surface area contributed by atoms with Crippen LogP contribution in [-0.2, 0) is 9.47 Å². The van der Waals surface area contributed by atoms with Crippen LogP contribution in [0.15, 0.2) is 69.9 Å². The van der Waals surface area contributed by atoms with Gasteiger partial charge in [0.05, 0.1) is 42.2 Å². The van der Waals surface area contributed by atoms with Crippen LogP contribution >= 0.6 is 31.9 Å². The average Bonchev–Trinajstić information content (AvgIpc) is 2.79. The molecule has 4 aromatic rings. The maximum absolute atomic E-state index is 5.73. The van der Waals surface area contributed by atoms with E-state index in [9.17, 15) is 0 Å². The van der Waals surface area contributed by atoms with Gasteiger partial charge in [0, 0.05) is 45.3 Å². The van der Waals surface area contributed by atoms with E-state index in [1.165, 1.54) is 0 Å². The molecule has 2 aromatic heterocycles. The summed E-state index contributed by atoms with van der Waals surface area (Å²) in [5.74, 6) is 0. The Kier molecular flexibility index (Phi) is 9.67. The largest absolute Gasteiger partial charge is 0.397 e. The maximum Gasteiger partial charge on any atom is 0.0934 e. The van der Waals surface area contributed by atoms with Crippen LogP contribution in [0.25, 0.3) is 21.8 Å². The SMILES string of the molecule is CCOCCOCCNc1cccc2cc(Br)cnc12.Nc1cccc2cc(Br)cnc12. The lowest BCUT2D eigenvalue weighted by Gasteiger charge is -2.10. The molecule has 2 heterocycles. The topological polar surface area (TPSA) is 82.3 Å². The zero-order chi connectivity index (χ0) is 22.8. The number of halogens is 2. The van der Waals surface area contributed by atoms with Gasteiger partial charge in [-0.25, -0.2) is 0 Å². The van der Waals surface area contributed by atoms with Gasteiger partial charge in [-0.15, -0.1) is 0 Å². The Morgan fingerprint density at radius 1 is 0.844 bits per heavy atom. The molecule has 32 heavy (non-hydrogen) atoms. The van der Waals surface area contributed by atoms with Gasteiger partial charge in [0.25, 0.3) is 0 Å². The van der Waals surface area contributed by atoms with Crippen molar-refractivity contribution in [1.82, 2.24) is 9.97 Å². The van der Waals surface area contributed by atoms with Crippen molar-refractivity contribution in [2.75, 3.05) is 44.0 Å². The van der Waals surface area contributed by atoms with Gasteiger partial charge < -0.3 is 20.5 Å². The molecule has 0 amide bonds. The van der Waals surface area contributed by atoms with Crippen LogP contribution in [0.5, 0.6) is 0 Å². The molecule has 0 unspecified atom stereocenters. The lowest BCUT2D eigenvalue weighted by Crippen LogP contribution is -2.12. The fourth-order valence-electron chi connectivity index (χ4n) is 3.06. The van der Waals surface area contributed by atoms with E-state index in [4.69, 9.17) is 15.2 Å². The summed E-state index contributed by atoms with van der Waals surface area (Å²) in [4.78, 5) is 8.66. The van der Waals surface area contributed by atoms with E-state index in [1.54, 1.807) is 6.20 Å².